The van der Waals surface area contributed by atoms with Gasteiger partial charge in [-0.15, -0.1) is 0 Å². The van der Waals surface area contributed by atoms with Gasteiger partial charge in [0.2, 0.25) is 5.91 Å². The summed E-state index contributed by atoms with van der Waals surface area (Å²) in [4.78, 5) is 22.6. The van der Waals surface area contributed by atoms with Gasteiger partial charge in [0.15, 0.2) is 5.65 Å². The molecule has 1 aromatic carbocycles. The Hall–Kier alpha value is -2.51. The molecule has 0 aliphatic carbocycles. The SMILES string of the molecule is CC(=O)N1C2CC[C@H]1CC(NCCc1ccc(Oc3nc4ncccc4s3)cc1)C2. The van der Waals surface area contributed by atoms with E-state index in [9.17, 15) is 4.79 Å². The van der Waals surface area contributed by atoms with Crippen molar-refractivity contribution in [2.45, 2.75) is 57.2 Å². The van der Waals surface area contributed by atoms with Crippen LogP contribution in [0.2, 0.25) is 0 Å². The molecule has 4 heterocycles. The molecule has 2 aliphatic heterocycles. The second-order valence-electron chi connectivity index (χ2n) is 8.23. The number of piperidine rings is 1. The van der Waals surface area contributed by atoms with Crippen LogP contribution >= 0.6 is 11.3 Å². The van der Waals surface area contributed by atoms with Crippen molar-refractivity contribution in [1.29, 1.82) is 0 Å². The number of ether oxygens (including phenoxy) is 1. The first-order valence-electron chi connectivity index (χ1n) is 10.7. The first kappa shape index (κ1) is 19.5. The van der Waals surface area contributed by atoms with Gasteiger partial charge >= 0.3 is 0 Å². The highest BCUT2D eigenvalue weighted by atomic mass is 32.1. The van der Waals surface area contributed by atoms with Gasteiger partial charge in [0, 0.05) is 31.2 Å². The van der Waals surface area contributed by atoms with Gasteiger partial charge in [0.25, 0.3) is 5.19 Å². The molecular weight excluding hydrogens is 396 g/mol. The number of amides is 1. The molecule has 2 bridgehead atoms. The highest BCUT2D eigenvalue weighted by molar-refractivity contribution is 7.20. The summed E-state index contributed by atoms with van der Waals surface area (Å²) in [7, 11) is 0. The number of thiazole rings is 1. The number of fused-ring (bicyclic) bond motifs is 3. The van der Waals surface area contributed by atoms with Crippen molar-refractivity contribution in [3.05, 3.63) is 48.2 Å². The summed E-state index contributed by atoms with van der Waals surface area (Å²) < 4.78 is 6.92. The van der Waals surface area contributed by atoms with Crippen LogP contribution < -0.4 is 10.1 Å². The van der Waals surface area contributed by atoms with E-state index in [0.717, 1.165) is 54.7 Å². The van der Waals surface area contributed by atoms with Crippen molar-refractivity contribution in [3.63, 3.8) is 0 Å². The quantitative estimate of drug-likeness (QED) is 0.646. The fourth-order valence-electron chi connectivity index (χ4n) is 4.90. The Kier molecular flexibility index (Phi) is 5.39. The molecule has 2 fully saturated rings. The monoisotopic (exact) mass is 422 g/mol. The van der Waals surface area contributed by atoms with E-state index in [1.54, 1.807) is 13.1 Å². The number of pyridine rings is 1. The summed E-state index contributed by atoms with van der Waals surface area (Å²) >= 11 is 1.50. The number of nitrogens with zero attached hydrogens (tertiary/aromatic N) is 3. The van der Waals surface area contributed by atoms with Crippen LogP contribution in [0.4, 0.5) is 0 Å². The van der Waals surface area contributed by atoms with Gasteiger partial charge < -0.3 is 15.0 Å². The molecule has 30 heavy (non-hydrogen) atoms. The van der Waals surface area contributed by atoms with Crippen LogP contribution in [0, 0.1) is 0 Å². The highest BCUT2D eigenvalue weighted by Gasteiger charge is 2.41. The third-order valence-electron chi connectivity index (χ3n) is 6.22. The van der Waals surface area contributed by atoms with Gasteiger partial charge in [0.1, 0.15) is 5.75 Å². The lowest BCUT2D eigenvalue weighted by molar-refractivity contribution is -0.133. The van der Waals surface area contributed by atoms with Crippen molar-refractivity contribution >= 4 is 27.6 Å². The molecule has 3 atom stereocenters. The molecule has 2 unspecified atom stereocenters. The van der Waals surface area contributed by atoms with Crippen molar-refractivity contribution in [3.8, 4) is 10.9 Å². The molecule has 3 aromatic rings. The minimum atomic E-state index is 0.241. The van der Waals surface area contributed by atoms with E-state index in [4.69, 9.17) is 4.74 Å². The van der Waals surface area contributed by atoms with E-state index in [1.165, 1.54) is 16.9 Å². The van der Waals surface area contributed by atoms with Gasteiger partial charge in [-0.1, -0.05) is 23.5 Å². The highest BCUT2D eigenvalue weighted by Crippen LogP contribution is 2.35. The number of nitrogens with one attached hydrogen (secondary N) is 1. The molecule has 6 nitrogen and oxygen atoms in total. The normalized spacial score (nSPS) is 23.1. The van der Waals surface area contributed by atoms with E-state index in [1.807, 2.05) is 24.3 Å². The summed E-state index contributed by atoms with van der Waals surface area (Å²) in [5.74, 6) is 1.03. The fourth-order valence-corrected chi connectivity index (χ4v) is 5.69. The second-order valence-corrected chi connectivity index (χ2v) is 9.23. The maximum Gasteiger partial charge on any atom is 0.281 e. The standard InChI is InChI=1S/C23H26N4O2S/c1-15(28)27-18-6-7-19(27)14-17(13-18)24-12-10-16-4-8-20(9-5-16)29-23-26-22-21(30-23)3-2-11-25-22/h2-5,8-9,11,17-19,24H,6-7,10,12-14H2,1H3/t17?,18-,19?/m0/s1. The van der Waals surface area contributed by atoms with E-state index < -0.39 is 0 Å². The van der Waals surface area contributed by atoms with Gasteiger partial charge in [-0.05, 0) is 68.5 Å². The van der Waals surface area contributed by atoms with Crippen LogP contribution in [-0.4, -0.2) is 45.4 Å². The van der Waals surface area contributed by atoms with Crippen LogP contribution in [0.1, 0.15) is 38.2 Å². The molecular formula is C23H26N4O2S. The van der Waals surface area contributed by atoms with E-state index >= 15 is 0 Å². The second kappa shape index (κ2) is 8.32. The van der Waals surface area contributed by atoms with Crippen molar-refractivity contribution < 1.29 is 9.53 Å². The Morgan fingerprint density at radius 2 is 1.97 bits per heavy atom. The lowest BCUT2D eigenvalue weighted by atomic mass is 9.97. The molecule has 5 rings (SSSR count). The van der Waals surface area contributed by atoms with Gasteiger partial charge in [0.05, 0.1) is 4.70 Å². The van der Waals surface area contributed by atoms with Crippen LogP contribution in [0.3, 0.4) is 0 Å². The van der Waals surface area contributed by atoms with E-state index in [-0.39, 0.29) is 5.91 Å². The molecule has 1 N–H and O–H groups in total. The Bertz CT molecular complexity index is 988. The first-order chi connectivity index (χ1) is 14.7. The zero-order valence-electron chi connectivity index (χ0n) is 17.1. The maximum atomic E-state index is 11.8. The minimum absolute atomic E-state index is 0.241. The van der Waals surface area contributed by atoms with E-state index in [2.05, 4.69) is 32.3 Å². The molecule has 0 spiro atoms. The largest absolute Gasteiger partial charge is 0.431 e. The number of hydrogen-bond donors (Lipinski definition) is 1. The predicted molar refractivity (Wildman–Crippen MR) is 118 cm³/mol. The van der Waals surface area contributed by atoms with Gasteiger partial charge in [-0.25, -0.2) is 4.98 Å². The summed E-state index contributed by atoms with van der Waals surface area (Å²) in [5, 5.41) is 4.33. The van der Waals surface area contributed by atoms with Crippen molar-refractivity contribution in [2.75, 3.05) is 6.54 Å². The maximum absolute atomic E-state index is 11.8. The van der Waals surface area contributed by atoms with Crippen molar-refractivity contribution in [1.82, 2.24) is 20.2 Å². The fraction of sp³-hybridized carbons (Fsp3) is 0.435. The molecule has 0 saturated carbocycles. The molecule has 2 aliphatic rings. The van der Waals surface area contributed by atoms with Crippen LogP contribution in [0.25, 0.3) is 10.3 Å². The third-order valence-corrected chi connectivity index (χ3v) is 7.11. The van der Waals surface area contributed by atoms with Crippen LogP contribution in [0.15, 0.2) is 42.6 Å². The molecule has 0 radical (unpaired) electrons. The smallest absolute Gasteiger partial charge is 0.281 e. The first-order valence-corrected chi connectivity index (χ1v) is 11.5. The van der Waals surface area contributed by atoms with Crippen LogP contribution in [-0.2, 0) is 11.2 Å². The van der Waals surface area contributed by atoms with Crippen LogP contribution in [0.5, 0.6) is 10.9 Å². The number of carbonyl (C=O) groups is 1. The molecule has 2 aromatic heterocycles. The summed E-state index contributed by atoms with van der Waals surface area (Å²) in [6, 6.07) is 13.5. The minimum Gasteiger partial charge on any atom is -0.431 e. The molecule has 156 valence electrons. The molecule has 7 heteroatoms. The van der Waals surface area contributed by atoms with E-state index in [0.29, 0.717) is 23.3 Å². The lowest BCUT2D eigenvalue weighted by Crippen LogP contribution is -2.51. The number of benzene rings is 1. The summed E-state index contributed by atoms with van der Waals surface area (Å²) in [5.41, 5.74) is 2.01. The average molecular weight is 423 g/mol. The average Bonchev–Trinajstić information content (AvgIpc) is 3.27. The number of aromatic nitrogens is 2. The predicted octanol–water partition coefficient (Wildman–Crippen LogP) is 4.16. The number of carbonyl (C=O) groups excluding carboxylic acids is 1. The zero-order chi connectivity index (χ0) is 20.5. The van der Waals surface area contributed by atoms with Gasteiger partial charge in [-0.2, -0.15) is 4.98 Å². The van der Waals surface area contributed by atoms with Crippen molar-refractivity contribution in [2.24, 2.45) is 0 Å². The Morgan fingerprint density at radius 3 is 2.67 bits per heavy atom. The van der Waals surface area contributed by atoms with Gasteiger partial charge in [-0.3, -0.25) is 4.79 Å². The third kappa shape index (κ3) is 4.04. The zero-order valence-corrected chi connectivity index (χ0v) is 17.9. The number of rotatable bonds is 6. The lowest BCUT2D eigenvalue weighted by Gasteiger charge is -2.38. The molecule has 2 saturated heterocycles. The number of hydrogen-bond acceptors (Lipinski definition) is 6. The Labute approximate surface area is 180 Å². The Balaban J connectivity index is 1.11. The molecule has 1 amide bonds. The topological polar surface area (TPSA) is 67.4 Å². The summed E-state index contributed by atoms with van der Waals surface area (Å²) in [6.07, 6.45) is 7.21. The summed E-state index contributed by atoms with van der Waals surface area (Å²) in [6.45, 7) is 2.66. The Morgan fingerprint density at radius 1 is 1.20 bits per heavy atom.